The van der Waals surface area contributed by atoms with Crippen LogP contribution >= 0.6 is 0 Å². The normalized spacial score (nSPS) is 32.1. The molecule has 7 atom stereocenters. The second-order valence-corrected chi connectivity index (χ2v) is 12.3. The summed E-state index contributed by atoms with van der Waals surface area (Å²) in [5.41, 5.74) is -1.39. The molecule has 3 aliphatic heterocycles. The van der Waals surface area contributed by atoms with Crippen LogP contribution in [0.15, 0.2) is 42.5 Å². The summed E-state index contributed by atoms with van der Waals surface area (Å²) in [5.74, 6) is -2.17. The molecule has 3 amide bonds. The minimum absolute atomic E-state index is 0.0347. The molecule has 2 bridgehead atoms. The maximum absolute atomic E-state index is 14.3. The average molecular weight is 536 g/mol. The number of amides is 3. The molecule has 5 rings (SSSR count). The van der Waals surface area contributed by atoms with Crippen molar-refractivity contribution in [1.29, 1.82) is 0 Å². The van der Waals surface area contributed by atoms with Crippen molar-refractivity contribution in [3.05, 3.63) is 42.5 Å². The van der Waals surface area contributed by atoms with Crippen LogP contribution in [0.25, 0.3) is 10.8 Å². The fraction of sp³-hybridized carbons (Fsp3) is 0.581. The van der Waals surface area contributed by atoms with Crippen molar-refractivity contribution in [1.82, 2.24) is 10.2 Å². The van der Waals surface area contributed by atoms with Gasteiger partial charge in [-0.25, -0.2) is 0 Å². The van der Waals surface area contributed by atoms with E-state index in [0.717, 1.165) is 17.2 Å². The number of carbonyl (C=O) groups is 3. The van der Waals surface area contributed by atoms with Crippen LogP contribution in [-0.4, -0.2) is 64.2 Å². The van der Waals surface area contributed by atoms with Gasteiger partial charge in [-0.15, -0.1) is 0 Å². The molecule has 3 N–H and O–H groups in total. The Bertz CT molecular complexity index is 1280. The van der Waals surface area contributed by atoms with E-state index in [9.17, 15) is 19.5 Å². The van der Waals surface area contributed by atoms with E-state index < -0.39 is 35.1 Å². The molecule has 0 aliphatic carbocycles. The molecule has 2 aromatic rings. The van der Waals surface area contributed by atoms with Crippen molar-refractivity contribution in [2.24, 2.45) is 23.7 Å². The predicted octanol–water partition coefficient (Wildman–Crippen LogP) is 3.72. The molecule has 3 aliphatic rings. The Hall–Kier alpha value is -2.97. The van der Waals surface area contributed by atoms with Crippen LogP contribution in [0.4, 0.5) is 5.69 Å². The molecule has 39 heavy (non-hydrogen) atoms. The number of aliphatic hydroxyl groups excluding tert-OH is 1. The van der Waals surface area contributed by atoms with Gasteiger partial charge in [0.25, 0.3) is 0 Å². The van der Waals surface area contributed by atoms with Gasteiger partial charge in [0.05, 0.1) is 30.1 Å². The summed E-state index contributed by atoms with van der Waals surface area (Å²) < 4.78 is 6.77. The molecule has 8 nitrogen and oxygen atoms in total. The summed E-state index contributed by atoms with van der Waals surface area (Å²) in [6.07, 6.45) is 1.80. The van der Waals surface area contributed by atoms with Crippen molar-refractivity contribution >= 4 is 34.2 Å². The van der Waals surface area contributed by atoms with E-state index in [2.05, 4.69) is 10.6 Å². The first-order valence-electron chi connectivity index (χ1n) is 14.3. The third-order valence-electron chi connectivity index (χ3n) is 9.20. The zero-order chi connectivity index (χ0) is 28.1. The minimum atomic E-state index is -1.15. The number of likely N-dealkylation sites (tertiary alicyclic amines) is 1. The fourth-order valence-electron chi connectivity index (χ4n) is 7.43. The van der Waals surface area contributed by atoms with Crippen LogP contribution in [0.3, 0.4) is 0 Å². The maximum atomic E-state index is 14.3. The number of anilines is 1. The van der Waals surface area contributed by atoms with Gasteiger partial charge in [-0.2, -0.15) is 0 Å². The van der Waals surface area contributed by atoms with E-state index in [4.69, 9.17) is 4.74 Å². The molecule has 3 fully saturated rings. The molecule has 0 radical (unpaired) electrons. The van der Waals surface area contributed by atoms with Crippen LogP contribution < -0.4 is 10.6 Å². The highest BCUT2D eigenvalue weighted by Crippen LogP contribution is 2.65. The van der Waals surface area contributed by atoms with Gasteiger partial charge >= 0.3 is 0 Å². The van der Waals surface area contributed by atoms with Crippen molar-refractivity contribution in [2.75, 3.05) is 18.5 Å². The number of hydrogen-bond acceptors (Lipinski definition) is 5. The van der Waals surface area contributed by atoms with Crippen LogP contribution in [0.1, 0.15) is 53.9 Å². The Labute approximate surface area is 230 Å². The molecular formula is C31H41N3O5. The highest BCUT2D eigenvalue weighted by molar-refractivity contribution is 6.04. The van der Waals surface area contributed by atoms with Gasteiger partial charge in [0.2, 0.25) is 17.7 Å². The SMILES string of the molecule is CCCNC(=O)[C@H]1[C@H]2C(=O)N([C@@H](CO)CC(C)C)C(C(=O)Nc3ccc4ccccc4c3)C23CC(C)[C@]1(C)O3. The number of nitrogens with zero attached hydrogens (tertiary/aromatic N) is 1. The first kappa shape index (κ1) is 27.6. The Balaban J connectivity index is 1.57. The molecule has 8 heteroatoms. The van der Waals surface area contributed by atoms with E-state index in [-0.39, 0.29) is 36.2 Å². The standard InChI is InChI=1S/C31H41N3O5/c1-6-13-32-27(36)24-25-29(38)34(23(17-35)14-18(2)3)26(31(25)16-19(4)30(24,5)39-31)28(37)33-22-12-11-20-9-7-8-10-21(20)15-22/h7-12,15,18-19,23-26,35H,6,13-14,16-17H2,1-5H3,(H,32,36)(H,33,37)/t19?,23-,24-,25+,26?,30+,31?/m1/s1. The van der Waals surface area contributed by atoms with Crippen molar-refractivity contribution in [3.8, 4) is 0 Å². The molecule has 3 unspecified atom stereocenters. The van der Waals surface area contributed by atoms with Gasteiger partial charge in [-0.05, 0) is 60.9 Å². The van der Waals surface area contributed by atoms with Crippen molar-refractivity contribution in [3.63, 3.8) is 0 Å². The van der Waals surface area contributed by atoms with E-state index >= 15 is 0 Å². The second kappa shape index (κ2) is 10.2. The monoisotopic (exact) mass is 535 g/mol. The molecule has 3 heterocycles. The Morgan fingerprint density at radius 3 is 2.54 bits per heavy atom. The van der Waals surface area contributed by atoms with Crippen LogP contribution in [-0.2, 0) is 19.1 Å². The lowest BCUT2D eigenvalue weighted by Gasteiger charge is -2.37. The maximum Gasteiger partial charge on any atom is 0.250 e. The minimum Gasteiger partial charge on any atom is -0.394 e. The van der Waals surface area contributed by atoms with Gasteiger partial charge in [0.15, 0.2) is 0 Å². The zero-order valence-corrected chi connectivity index (χ0v) is 23.6. The fourth-order valence-corrected chi connectivity index (χ4v) is 7.43. The van der Waals surface area contributed by atoms with Crippen molar-refractivity contribution < 1.29 is 24.2 Å². The molecule has 1 spiro atoms. The van der Waals surface area contributed by atoms with Gasteiger partial charge in [0.1, 0.15) is 11.6 Å². The summed E-state index contributed by atoms with van der Waals surface area (Å²) >= 11 is 0. The number of carbonyl (C=O) groups excluding carboxylic acids is 3. The first-order valence-corrected chi connectivity index (χ1v) is 14.3. The molecule has 0 saturated carbocycles. The number of rotatable bonds is 9. The lowest BCUT2D eigenvalue weighted by molar-refractivity contribution is -0.149. The van der Waals surface area contributed by atoms with E-state index in [1.807, 2.05) is 77.1 Å². The Morgan fingerprint density at radius 1 is 1.15 bits per heavy atom. The number of ether oxygens (including phenoxy) is 1. The molecule has 3 saturated heterocycles. The number of benzene rings is 2. The average Bonchev–Trinajstić information content (AvgIpc) is 3.42. The Morgan fingerprint density at radius 2 is 1.87 bits per heavy atom. The largest absolute Gasteiger partial charge is 0.394 e. The van der Waals surface area contributed by atoms with E-state index in [1.54, 1.807) is 4.90 Å². The predicted molar refractivity (Wildman–Crippen MR) is 150 cm³/mol. The highest BCUT2D eigenvalue weighted by Gasteiger charge is 2.80. The van der Waals surface area contributed by atoms with Crippen LogP contribution in [0.5, 0.6) is 0 Å². The molecule has 210 valence electrons. The molecule has 0 aromatic heterocycles. The smallest absolute Gasteiger partial charge is 0.250 e. The second-order valence-electron chi connectivity index (χ2n) is 12.3. The number of hydrogen-bond donors (Lipinski definition) is 3. The first-order chi connectivity index (χ1) is 18.6. The van der Waals surface area contributed by atoms with E-state index in [1.165, 1.54) is 0 Å². The third-order valence-corrected chi connectivity index (χ3v) is 9.20. The number of aliphatic hydroxyl groups is 1. The molecular weight excluding hydrogens is 494 g/mol. The Kier molecular flexibility index (Phi) is 7.22. The summed E-state index contributed by atoms with van der Waals surface area (Å²) in [6.45, 7) is 10.2. The zero-order valence-electron chi connectivity index (χ0n) is 23.6. The number of fused-ring (bicyclic) bond motifs is 2. The number of nitrogens with one attached hydrogen (secondary N) is 2. The highest BCUT2D eigenvalue weighted by atomic mass is 16.5. The van der Waals surface area contributed by atoms with Crippen LogP contribution in [0, 0.1) is 23.7 Å². The summed E-state index contributed by atoms with van der Waals surface area (Å²) in [4.78, 5) is 43.6. The van der Waals surface area contributed by atoms with Gasteiger partial charge in [-0.3, -0.25) is 14.4 Å². The van der Waals surface area contributed by atoms with Crippen molar-refractivity contribution in [2.45, 2.75) is 77.2 Å². The summed E-state index contributed by atoms with van der Waals surface area (Å²) in [6, 6.07) is 12.1. The molecule has 2 aromatic carbocycles. The third kappa shape index (κ3) is 4.32. The lowest BCUT2D eigenvalue weighted by atomic mass is 9.62. The van der Waals surface area contributed by atoms with Crippen LogP contribution in [0.2, 0.25) is 0 Å². The van der Waals surface area contributed by atoms with E-state index in [0.29, 0.717) is 25.1 Å². The summed E-state index contributed by atoms with van der Waals surface area (Å²) in [7, 11) is 0. The van der Waals surface area contributed by atoms with Gasteiger partial charge in [-0.1, -0.05) is 58.0 Å². The van der Waals surface area contributed by atoms with Gasteiger partial charge < -0.3 is 25.4 Å². The van der Waals surface area contributed by atoms with Gasteiger partial charge in [0, 0.05) is 12.2 Å². The lowest BCUT2D eigenvalue weighted by Crippen LogP contribution is -2.56. The quantitative estimate of drug-likeness (QED) is 0.454. The summed E-state index contributed by atoms with van der Waals surface area (Å²) in [5, 5.41) is 18.5. The topological polar surface area (TPSA) is 108 Å².